The lowest BCUT2D eigenvalue weighted by molar-refractivity contribution is -0.119. The Kier molecular flexibility index (Phi) is 17.2. The molecule has 0 aromatic heterocycles. The molecule has 1 atom stereocenters. The standard InChI is InChI=1S/C20H32N2O2S.C4H10.C2H6/c1-3-4-5-6-7-8-11-20(23)21-25(2,24)19-14-12-18(13-15-19)22-16-9-10-17-22;1-3-4-2;1-2/h12-15H,2-11,16-17H2,1H3,(H,21,23,24);3-4H2,1-2H3;1-2H3. The molecule has 1 amide bonds. The van der Waals surface area contributed by atoms with Crippen LogP contribution in [0.1, 0.15) is 105 Å². The molecule has 0 bridgehead atoms. The quantitative estimate of drug-likeness (QED) is 0.291. The van der Waals surface area contributed by atoms with E-state index in [2.05, 4.69) is 36.3 Å². The fourth-order valence-electron chi connectivity index (χ4n) is 3.21. The van der Waals surface area contributed by atoms with E-state index in [1.165, 1.54) is 51.4 Å². The van der Waals surface area contributed by atoms with Gasteiger partial charge in [0.1, 0.15) is 0 Å². The van der Waals surface area contributed by atoms with Gasteiger partial charge >= 0.3 is 0 Å². The maximum atomic E-state index is 12.7. The lowest BCUT2D eigenvalue weighted by Gasteiger charge is -2.18. The molecule has 1 fully saturated rings. The number of carbonyl (C=O) groups is 1. The number of anilines is 1. The van der Waals surface area contributed by atoms with Gasteiger partial charge in [0, 0.05) is 30.1 Å². The smallest absolute Gasteiger partial charge is 0.231 e. The molecular weight excluding hydrogens is 404 g/mol. The minimum absolute atomic E-state index is 0.167. The highest BCUT2D eigenvalue weighted by molar-refractivity contribution is 7.99. The van der Waals surface area contributed by atoms with Crippen molar-refractivity contribution in [1.29, 1.82) is 0 Å². The number of nitrogens with zero attached hydrogens (tertiary/aromatic N) is 1. The van der Waals surface area contributed by atoms with Crippen LogP contribution in [0.4, 0.5) is 5.69 Å². The first-order chi connectivity index (χ1) is 14.9. The van der Waals surface area contributed by atoms with Gasteiger partial charge < -0.3 is 4.90 Å². The van der Waals surface area contributed by atoms with Gasteiger partial charge in [0.05, 0.1) is 9.71 Å². The zero-order valence-electron chi connectivity index (χ0n) is 20.9. The first-order valence-electron chi connectivity index (χ1n) is 12.5. The Labute approximate surface area is 193 Å². The van der Waals surface area contributed by atoms with Gasteiger partial charge in [-0.15, -0.1) is 0 Å². The normalized spacial score (nSPS) is 14.5. The minimum atomic E-state index is -2.77. The van der Waals surface area contributed by atoms with Crippen LogP contribution < -0.4 is 9.62 Å². The highest BCUT2D eigenvalue weighted by atomic mass is 32.2. The van der Waals surface area contributed by atoms with Crippen LogP contribution in [0.15, 0.2) is 29.2 Å². The molecule has 4 nitrogen and oxygen atoms in total. The van der Waals surface area contributed by atoms with E-state index in [4.69, 9.17) is 0 Å². The van der Waals surface area contributed by atoms with E-state index < -0.39 is 9.71 Å². The fourth-order valence-corrected chi connectivity index (χ4v) is 4.38. The summed E-state index contributed by atoms with van der Waals surface area (Å²) >= 11 is 0. The molecule has 1 unspecified atom stereocenters. The first-order valence-corrected chi connectivity index (χ1v) is 14.2. The third kappa shape index (κ3) is 12.8. The molecule has 1 aromatic rings. The predicted octanol–water partition coefficient (Wildman–Crippen LogP) is 6.98. The number of hydrogen-bond acceptors (Lipinski definition) is 3. The summed E-state index contributed by atoms with van der Waals surface area (Å²) in [5, 5.41) is 0. The van der Waals surface area contributed by atoms with Gasteiger partial charge in [-0.25, -0.2) is 4.21 Å². The van der Waals surface area contributed by atoms with Crippen LogP contribution in [0.2, 0.25) is 0 Å². The van der Waals surface area contributed by atoms with Crippen LogP contribution in [-0.4, -0.2) is 29.1 Å². The highest BCUT2D eigenvalue weighted by Gasteiger charge is 2.15. The number of carbonyl (C=O) groups excluding carboxylic acids is 1. The van der Waals surface area contributed by atoms with Crippen LogP contribution in [0.25, 0.3) is 0 Å². The number of benzene rings is 1. The Morgan fingerprint density at radius 3 is 1.94 bits per heavy atom. The van der Waals surface area contributed by atoms with Crippen LogP contribution in [0, 0.1) is 0 Å². The first kappa shape index (κ1) is 29.5. The summed E-state index contributed by atoms with van der Waals surface area (Å²) < 4.78 is 15.4. The minimum Gasteiger partial charge on any atom is -0.372 e. The molecule has 0 spiro atoms. The number of nitrogens with one attached hydrogen (secondary N) is 1. The molecule has 5 heteroatoms. The van der Waals surface area contributed by atoms with Crippen LogP contribution in [0.3, 0.4) is 0 Å². The van der Waals surface area contributed by atoms with E-state index in [0.717, 1.165) is 31.6 Å². The Hall–Kier alpha value is -1.49. The largest absolute Gasteiger partial charge is 0.372 e. The van der Waals surface area contributed by atoms with Crippen molar-refractivity contribution in [3.05, 3.63) is 24.3 Å². The second-order valence-corrected chi connectivity index (χ2v) is 9.93. The lowest BCUT2D eigenvalue weighted by atomic mass is 10.1. The molecular formula is C26H48N2O2S. The molecule has 1 N–H and O–H groups in total. The SMILES string of the molecule is C=S(=O)(NC(=O)CCCCCCCC)c1ccc(N2CCCC2)cc1.CC.CCCC. The maximum Gasteiger partial charge on any atom is 0.231 e. The lowest BCUT2D eigenvalue weighted by Crippen LogP contribution is -2.30. The molecule has 1 heterocycles. The van der Waals surface area contributed by atoms with E-state index in [0.29, 0.717) is 11.3 Å². The van der Waals surface area contributed by atoms with Crippen molar-refractivity contribution < 1.29 is 9.00 Å². The summed E-state index contributed by atoms with van der Waals surface area (Å²) in [5.41, 5.74) is 1.15. The zero-order chi connectivity index (χ0) is 23.5. The van der Waals surface area contributed by atoms with E-state index >= 15 is 0 Å². The van der Waals surface area contributed by atoms with Crippen molar-refractivity contribution >= 4 is 27.2 Å². The topological polar surface area (TPSA) is 49.4 Å². The van der Waals surface area contributed by atoms with Gasteiger partial charge in [-0.05, 0) is 49.4 Å². The molecule has 0 radical (unpaired) electrons. The number of hydrogen-bond donors (Lipinski definition) is 1. The second-order valence-electron chi connectivity index (χ2n) is 7.91. The van der Waals surface area contributed by atoms with Gasteiger partial charge in [-0.3, -0.25) is 9.52 Å². The molecule has 180 valence electrons. The highest BCUT2D eigenvalue weighted by Crippen LogP contribution is 2.22. The average molecular weight is 453 g/mol. The van der Waals surface area contributed by atoms with Crippen molar-refractivity contribution in [2.24, 2.45) is 0 Å². The molecule has 2 rings (SSSR count). The third-order valence-corrected chi connectivity index (χ3v) is 6.82. The number of rotatable bonds is 11. The van der Waals surface area contributed by atoms with Gasteiger partial charge in [0.2, 0.25) is 5.91 Å². The summed E-state index contributed by atoms with van der Waals surface area (Å²) in [6, 6.07) is 7.61. The molecule has 1 aliphatic heterocycles. The Bertz CT molecular complexity index is 661. The van der Waals surface area contributed by atoms with Gasteiger partial charge in [0.25, 0.3) is 0 Å². The molecule has 0 aliphatic carbocycles. The van der Waals surface area contributed by atoms with Crippen molar-refractivity contribution in [3.8, 4) is 0 Å². The van der Waals surface area contributed by atoms with E-state index in [1.54, 1.807) is 0 Å². The third-order valence-electron chi connectivity index (χ3n) is 5.22. The average Bonchev–Trinajstić information content (AvgIpc) is 3.32. The number of amides is 1. The predicted molar refractivity (Wildman–Crippen MR) is 139 cm³/mol. The van der Waals surface area contributed by atoms with E-state index in [1.807, 2.05) is 38.1 Å². The molecule has 1 aromatic carbocycles. The van der Waals surface area contributed by atoms with Crippen LogP contribution in [0.5, 0.6) is 0 Å². The Morgan fingerprint density at radius 1 is 0.903 bits per heavy atom. The summed E-state index contributed by atoms with van der Waals surface area (Å²) in [4.78, 5) is 15.0. The van der Waals surface area contributed by atoms with Gasteiger partial charge in [0.15, 0.2) is 0 Å². The van der Waals surface area contributed by atoms with Crippen LogP contribution in [-0.2, 0) is 14.5 Å². The van der Waals surface area contributed by atoms with Crippen molar-refractivity contribution in [3.63, 3.8) is 0 Å². The molecule has 1 aliphatic rings. The van der Waals surface area contributed by atoms with Crippen molar-refractivity contribution in [2.45, 2.75) is 110 Å². The van der Waals surface area contributed by atoms with Crippen molar-refractivity contribution in [1.82, 2.24) is 4.72 Å². The fraction of sp³-hybridized carbons (Fsp3) is 0.692. The second kappa shape index (κ2) is 18.1. The van der Waals surface area contributed by atoms with Crippen LogP contribution >= 0.6 is 0 Å². The summed E-state index contributed by atoms with van der Waals surface area (Å²) in [6.07, 6.45) is 12.3. The Balaban J connectivity index is 0.00000134. The monoisotopic (exact) mass is 452 g/mol. The number of unbranched alkanes of at least 4 members (excludes halogenated alkanes) is 6. The van der Waals surface area contributed by atoms with Crippen molar-refractivity contribution in [2.75, 3.05) is 18.0 Å². The Morgan fingerprint density at radius 2 is 1.42 bits per heavy atom. The summed E-state index contributed by atoms with van der Waals surface area (Å²) in [7, 11) is -2.77. The van der Waals surface area contributed by atoms with Gasteiger partial charge in [-0.1, -0.05) is 79.6 Å². The summed E-state index contributed by atoms with van der Waals surface area (Å²) in [6.45, 7) is 12.7. The molecule has 1 saturated heterocycles. The molecule has 31 heavy (non-hydrogen) atoms. The van der Waals surface area contributed by atoms with E-state index in [9.17, 15) is 9.00 Å². The molecule has 0 saturated carbocycles. The zero-order valence-corrected chi connectivity index (χ0v) is 21.7. The van der Waals surface area contributed by atoms with E-state index in [-0.39, 0.29) is 5.91 Å². The maximum absolute atomic E-state index is 12.7. The summed E-state index contributed by atoms with van der Waals surface area (Å²) in [5.74, 6) is 3.59. The van der Waals surface area contributed by atoms with Gasteiger partial charge in [-0.2, -0.15) is 0 Å².